The Morgan fingerprint density at radius 1 is 0.708 bits per heavy atom. The maximum atomic E-state index is 5.61. The van der Waals surface area contributed by atoms with Crippen LogP contribution in [-0.2, 0) is 0 Å². The van der Waals surface area contributed by atoms with E-state index in [4.69, 9.17) is 20.5 Å². The highest BCUT2D eigenvalue weighted by molar-refractivity contribution is 5.59. The predicted octanol–water partition coefficient (Wildman–Crippen LogP) is 4.27. The predicted molar refractivity (Wildman–Crippen MR) is 86.1 cm³/mol. The number of azo groups is 2. The van der Waals surface area contributed by atoms with Crippen molar-refractivity contribution < 1.29 is 9.05 Å². The second-order valence-corrected chi connectivity index (χ2v) is 4.88. The maximum Gasteiger partial charge on any atom is 0.250 e. The van der Waals surface area contributed by atoms with Gasteiger partial charge in [-0.05, 0) is 38.1 Å². The molecule has 1 aromatic carbocycles. The fraction of sp³-hybridized carbons (Fsp3) is 0.143. The van der Waals surface area contributed by atoms with Crippen LogP contribution in [0, 0.1) is 13.8 Å². The molecule has 0 aliphatic carbocycles. The normalized spacial score (nSPS) is 11.8. The van der Waals surface area contributed by atoms with Crippen LogP contribution >= 0.6 is 0 Å². The summed E-state index contributed by atoms with van der Waals surface area (Å²) in [6.45, 7) is 3.46. The molecule has 4 N–H and O–H groups in total. The summed E-state index contributed by atoms with van der Waals surface area (Å²) in [4.78, 5) is 0. The van der Waals surface area contributed by atoms with Crippen molar-refractivity contribution in [3.8, 4) is 0 Å². The fourth-order valence-corrected chi connectivity index (χ4v) is 1.81. The van der Waals surface area contributed by atoms with E-state index in [0.29, 0.717) is 34.1 Å². The molecule has 0 aliphatic heterocycles. The van der Waals surface area contributed by atoms with Crippen LogP contribution < -0.4 is 11.5 Å². The topological polar surface area (TPSA) is 154 Å². The van der Waals surface area contributed by atoms with Gasteiger partial charge in [0.2, 0.25) is 11.8 Å². The molecule has 0 unspecified atom stereocenters. The van der Waals surface area contributed by atoms with E-state index < -0.39 is 0 Å². The lowest BCUT2D eigenvalue weighted by atomic mass is 10.3. The van der Waals surface area contributed by atoms with E-state index >= 15 is 0 Å². The van der Waals surface area contributed by atoms with Crippen LogP contribution in [0.3, 0.4) is 0 Å². The molecule has 10 heteroatoms. The number of benzene rings is 1. The molecule has 2 heterocycles. The van der Waals surface area contributed by atoms with E-state index in [9.17, 15) is 0 Å². The van der Waals surface area contributed by atoms with Crippen molar-refractivity contribution in [1.29, 1.82) is 0 Å². The van der Waals surface area contributed by atoms with Gasteiger partial charge in [0.05, 0.1) is 11.4 Å². The molecule has 0 bridgehead atoms. The molecule has 2 aromatic heterocycles. The minimum atomic E-state index is 0.128. The van der Waals surface area contributed by atoms with Gasteiger partial charge in [-0.1, -0.05) is 10.3 Å². The molecular formula is C14H14N8O2. The molecule has 0 fully saturated rings. The van der Waals surface area contributed by atoms with Gasteiger partial charge < -0.3 is 20.5 Å². The van der Waals surface area contributed by atoms with E-state index in [1.54, 1.807) is 38.1 Å². The Hall–Kier alpha value is -3.56. The van der Waals surface area contributed by atoms with E-state index in [1.165, 1.54) is 0 Å². The Morgan fingerprint density at radius 3 is 1.38 bits per heavy atom. The number of rotatable bonds is 4. The zero-order valence-corrected chi connectivity index (χ0v) is 13.0. The summed E-state index contributed by atoms with van der Waals surface area (Å²) in [5.74, 6) is 0.256. The van der Waals surface area contributed by atoms with Gasteiger partial charge in [0.1, 0.15) is 11.4 Å². The van der Waals surface area contributed by atoms with Gasteiger partial charge in [0, 0.05) is 0 Å². The summed E-state index contributed by atoms with van der Waals surface area (Å²) < 4.78 is 9.63. The average Bonchev–Trinajstić information content (AvgIpc) is 3.07. The highest BCUT2D eigenvalue weighted by Gasteiger charge is 2.09. The SMILES string of the molecule is Cc1noc(N)c1N=Nc1ccc(N=Nc2c(C)noc2N)cc1. The van der Waals surface area contributed by atoms with Crippen LogP contribution in [-0.4, -0.2) is 10.3 Å². The van der Waals surface area contributed by atoms with Crippen molar-refractivity contribution in [2.24, 2.45) is 20.5 Å². The summed E-state index contributed by atoms with van der Waals surface area (Å²) in [6.07, 6.45) is 0. The number of aromatic nitrogens is 2. The number of nitrogens with two attached hydrogens (primary N) is 2. The van der Waals surface area contributed by atoms with Crippen LogP contribution in [0.5, 0.6) is 0 Å². The van der Waals surface area contributed by atoms with Crippen molar-refractivity contribution in [3.63, 3.8) is 0 Å². The standard InChI is InChI=1S/C14H14N8O2/c1-7-11(13(15)23-21-7)19-17-9-3-5-10(6-4-9)18-20-12-8(2)22-24-14(12)16/h3-6H,15-16H2,1-2H3. The van der Waals surface area contributed by atoms with Crippen LogP contribution in [0.15, 0.2) is 53.8 Å². The van der Waals surface area contributed by atoms with Crippen molar-refractivity contribution in [2.75, 3.05) is 11.5 Å². The molecule has 3 aromatic rings. The number of hydrogen-bond acceptors (Lipinski definition) is 10. The summed E-state index contributed by atoms with van der Waals surface area (Å²) >= 11 is 0. The first kappa shape index (κ1) is 15.3. The van der Waals surface area contributed by atoms with Crippen molar-refractivity contribution in [2.45, 2.75) is 13.8 Å². The first-order chi connectivity index (χ1) is 11.5. The summed E-state index contributed by atoms with van der Waals surface area (Å²) in [5.41, 5.74) is 14.4. The lowest BCUT2D eigenvalue weighted by Crippen LogP contribution is -1.79. The third-order valence-corrected chi connectivity index (χ3v) is 3.09. The third-order valence-electron chi connectivity index (χ3n) is 3.09. The number of hydrogen-bond donors (Lipinski definition) is 2. The van der Waals surface area contributed by atoms with Crippen LogP contribution in [0.2, 0.25) is 0 Å². The summed E-state index contributed by atoms with van der Waals surface area (Å²) in [7, 11) is 0. The second kappa shape index (κ2) is 6.28. The van der Waals surface area contributed by atoms with Crippen molar-refractivity contribution in [1.82, 2.24) is 10.3 Å². The van der Waals surface area contributed by atoms with Gasteiger partial charge in [-0.25, -0.2) is 0 Å². The molecule has 10 nitrogen and oxygen atoms in total. The summed E-state index contributed by atoms with van der Waals surface area (Å²) in [6, 6.07) is 6.95. The molecule has 0 aliphatic rings. The Bertz CT molecular complexity index is 793. The first-order valence-electron chi connectivity index (χ1n) is 6.91. The molecule has 0 saturated heterocycles. The van der Waals surface area contributed by atoms with Gasteiger partial charge in [-0.15, -0.1) is 10.2 Å². The number of nitrogens with zero attached hydrogens (tertiary/aromatic N) is 6. The van der Waals surface area contributed by atoms with E-state index in [-0.39, 0.29) is 11.8 Å². The Labute approximate surface area is 136 Å². The van der Waals surface area contributed by atoms with E-state index in [0.717, 1.165) is 0 Å². The molecule has 0 saturated carbocycles. The monoisotopic (exact) mass is 326 g/mol. The lowest BCUT2D eigenvalue weighted by molar-refractivity contribution is 0.431. The summed E-state index contributed by atoms with van der Waals surface area (Å²) in [5, 5.41) is 23.6. The molecule has 3 rings (SSSR count). The molecule has 24 heavy (non-hydrogen) atoms. The number of anilines is 2. The third kappa shape index (κ3) is 3.11. The van der Waals surface area contributed by atoms with Gasteiger partial charge in [0.25, 0.3) is 0 Å². The molecule has 122 valence electrons. The molecular weight excluding hydrogens is 312 g/mol. The Balaban J connectivity index is 1.74. The zero-order chi connectivity index (χ0) is 17.1. The minimum Gasteiger partial charge on any atom is -0.366 e. The van der Waals surface area contributed by atoms with Crippen LogP contribution in [0.25, 0.3) is 0 Å². The van der Waals surface area contributed by atoms with Gasteiger partial charge in [0.15, 0.2) is 11.4 Å². The second-order valence-electron chi connectivity index (χ2n) is 4.88. The fourth-order valence-electron chi connectivity index (χ4n) is 1.81. The van der Waals surface area contributed by atoms with Gasteiger partial charge in [-0.2, -0.15) is 10.2 Å². The van der Waals surface area contributed by atoms with Gasteiger partial charge in [-0.3, -0.25) is 0 Å². The zero-order valence-electron chi connectivity index (χ0n) is 13.0. The minimum absolute atomic E-state index is 0.128. The number of nitrogen functional groups attached to an aromatic ring is 2. The van der Waals surface area contributed by atoms with E-state index in [1.807, 2.05) is 0 Å². The maximum absolute atomic E-state index is 5.61. The van der Waals surface area contributed by atoms with E-state index in [2.05, 4.69) is 30.8 Å². The van der Waals surface area contributed by atoms with Crippen molar-refractivity contribution >= 4 is 34.5 Å². The highest BCUT2D eigenvalue weighted by atomic mass is 16.5. The van der Waals surface area contributed by atoms with Crippen LogP contribution in [0.4, 0.5) is 34.5 Å². The Morgan fingerprint density at radius 2 is 1.08 bits per heavy atom. The Kier molecular flexibility index (Phi) is 4.01. The smallest absolute Gasteiger partial charge is 0.250 e. The molecule has 0 amide bonds. The highest BCUT2D eigenvalue weighted by Crippen LogP contribution is 2.30. The number of aryl methyl sites for hydroxylation is 2. The van der Waals surface area contributed by atoms with Crippen molar-refractivity contribution in [3.05, 3.63) is 35.7 Å². The van der Waals surface area contributed by atoms with Gasteiger partial charge >= 0.3 is 0 Å². The largest absolute Gasteiger partial charge is 0.366 e. The van der Waals surface area contributed by atoms with Crippen LogP contribution in [0.1, 0.15) is 11.4 Å². The quantitative estimate of drug-likeness (QED) is 0.682. The molecule has 0 spiro atoms. The first-order valence-corrected chi connectivity index (χ1v) is 6.91. The average molecular weight is 326 g/mol. The lowest BCUT2D eigenvalue weighted by Gasteiger charge is -1.94. The molecule has 0 radical (unpaired) electrons. The molecule has 0 atom stereocenters.